The van der Waals surface area contributed by atoms with Crippen LogP contribution >= 0.6 is 0 Å². The Hall–Kier alpha value is -8.09. The van der Waals surface area contributed by atoms with Gasteiger partial charge in [-0.2, -0.15) is 0 Å². The molecule has 6 heteroatoms. The zero-order valence-electron chi connectivity index (χ0n) is 34.3. The highest BCUT2D eigenvalue weighted by atomic mass is 16.5. The monoisotopic (exact) mass is 801 g/mol. The molecule has 0 aliphatic carbocycles. The summed E-state index contributed by atoms with van der Waals surface area (Å²) >= 11 is 0. The smallest absolute Gasteiger partial charge is 0.129 e. The van der Waals surface area contributed by atoms with Gasteiger partial charge in [0.1, 0.15) is 18.2 Å². The topological polar surface area (TPSA) is 45.6 Å². The maximum absolute atomic E-state index is 6.74. The molecule has 0 bridgehead atoms. The van der Waals surface area contributed by atoms with E-state index in [2.05, 4.69) is 226 Å². The minimum Gasteiger partial charge on any atom is -0.457 e. The molecule has 0 amide bonds. The third-order valence-corrected chi connectivity index (χ3v) is 12.0. The van der Waals surface area contributed by atoms with Gasteiger partial charge in [0.15, 0.2) is 0 Å². The van der Waals surface area contributed by atoms with Gasteiger partial charge >= 0.3 is 0 Å². The number of rotatable bonds is 10. The molecule has 1 N–H and O–H groups in total. The molecule has 3 heterocycles. The maximum atomic E-state index is 6.74. The van der Waals surface area contributed by atoms with Crippen LogP contribution in [0.2, 0.25) is 0 Å². The van der Waals surface area contributed by atoms with Crippen molar-refractivity contribution in [3.8, 4) is 44.9 Å². The molecule has 8 aromatic carbocycles. The molecular weight excluding hydrogens is 759 g/mol. The summed E-state index contributed by atoms with van der Waals surface area (Å²) in [6, 6.07) is 70.9. The minimum atomic E-state index is 0.598. The summed E-state index contributed by atoms with van der Waals surface area (Å²) in [6.45, 7) is 3.33. The lowest BCUT2D eigenvalue weighted by Crippen LogP contribution is -2.24. The number of ether oxygens (including phenoxy) is 1. The summed E-state index contributed by atoms with van der Waals surface area (Å²) < 4.78 is 9.08. The van der Waals surface area contributed by atoms with Crippen molar-refractivity contribution in [1.29, 1.82) is 0 Å². The summed E-state index contributed by atoms with van der Waals surface area (Å²) in [4.78, 5) is 9.11. The van der Waals surface area contributed by atoms with E-state index >= 15 is 0 Å². The Labute approximate surface area is 361 Å². The number of aryl methyl sites for hydroxylation is 1. The van der Waals surface area contributed by atoms with Gasteiger partial charge in [-0.3, -0.25) is 4.98 Å². The third-order valence-electron chi connectivity index (χ3n) is 12.0. The average molecular weight is 802 g/mol. The van der Waals surface area contributed by atoms with E-state index in [-0.39, 0.29) is 0 Å². The van der Waals surface area contributed by atoms with Crippen molar-refractivity contribution in [2.75, 3.05) is 21.8 Å². The fourth-order valence-corrected chi connectivity index (χ4v) is 9.01. The van der Waals surface area contributed by atoms with Crippen LogP contribution in [-0.2, 0) is 6.67 Å². The quantitative estimate of drug-likeness (QED) is 0.149. The Kier molecular flexibility index (Phi) is 9.43. The highest BCUT2D eigenvalue weighted by Gasteiger charge is 2.31. The van der Waals surface area contributed by atoms with E-state index in [1.807, 2.05) is 18.5 Å². The maximum Gasteiger partial charge on any atom is 0.129 e. The van der Waals surface area contributed by atoms with Crippen molar-refractivity contribution in [1.82, 2.24) is 9.55 Å². The number of pyridine rings is 1. The first-order chi connectivity index (χ1) is 30.7. The Morgan fingerprint density at radius 1 is 0.516 bits per heavy atom. The van der Waals surface area contributed by atoms with E-state index in [4.69, 9.17) is 4.74 Å². The highest BCUT2D eigenvalue weighted by molar-refractivity contribution is 6.08. The van der Waals surface area contributed by atoms with Gasteiger partial charge in [-0.25, -0.2) is 0 Å². The predicted molar refractivity (Wildman–Crippen MR) is 257 cm³/mol. The van der Waals surface area contributed by atoms with Crippen LogP contribution in [-0.4, -0.2) is 16.2 Å². The van der Waals surface area contributed by atoms with Gasteiger partial charge < -0.3 is 24.4 Å². The van der Waals surface area contributed by atoms with E-state index in [1.54, 1.807) is 0 Å². The van der Waals surface area contributed by atoms with Crippen molar-refractivity contribution in [2.24, 2.45) is 0 Å². The van der Waals surface area contributed by atoms with Gasteiger partial charge in [0.2, 0.25) is 0 Å². The lowest BCUT2D eigenvalue weighted by Gasteiger charge is -2.27. The van der Waals surface area contributed by atoms with E-state index in [0.29, 0.717) is 13.3 Å². The number of hydrogen-bond acceptors (Lipinski definition) is 5. The molecule has 0 saturated carbocycles. The van der Waals surface area contributed by atoms with Gasteiger partial charge in [0, 0.05) is 57.8 Å². The number of hydrogen-bond donors (Lipinski definition) is 1. The normalized spacial score (nSPS) is 12.2. The Bertz CT molecular complexity index is 3160. The number of aromatic nitrogens is 2. The third kappa shape index (κ3) is 6.78. The molecule has 0 atom stereocenters. The van der Waals surface area contributed by atoms with E-state index in [0.717, 1.165) is 45.3 Å². The van der Waals surface area contributed by atoms with E-state index in [9.17, 15) is 0 Å². The first-order valence-corrected chi connectivity index (χ1v) is 21.1. The second-order valence-electron chi connectivity index (χ2n) is 15.7. The van der Waals surface area contributed by atoms with Crippen molar-refractivity contribution < 1.29 is 4.74 Å². The largest absolute Gasteiger partial charge is 0.457 e. The molecule has 1 aliphatic heterocycles. The number of nitrogens with one attached hydrogen (secondary N) is 1. The number of fused-ring (bicyclic) bond motifs is 4. The van der Waals surface area contributed by atoms with E-state index < -0.39 is 0 Å². The predicted octanol–water partition coefficient (Wildman–Crippen LogP) is 14.6. The lowest BCUT2D eigenvalue weighted by atomic mass is 9.95. The summed E-state index contributed by atoms with van der Waals surface area (Å²) in [5.74, 6) is 1.56. The number of nitrogens with zero attached hydrogens (tertiary/aromatic N) is 4. The summed E-state index contributed by atoms with van der Waals surface area (Å²) in [7, 11) is 0. The van der Waals surface area contributed by atoms with Crippen LogP contribution in [0.4, 0.5) is 28.4 Å². The molecule has 2 aromatic heterocycles. The highest BCUT2D eigenvalue weighted by Crippen LogP contribution is 2.50. The molecule has 6 nitrogen and oxygen atoms in total. The molecular formula is C56H43N5O. The van der Waals surface area contributed by atoms with Crippen molar-refractivity contribution >= 4 is 50.2 Å². The Balaban J connectivity index is 0.904. The molecule has 11 rings (SSSR count). The molecule has 1 aliphatic rings. The van der Waals surface area contributed by atoms with Crippen LogP contribution in [0.25, 0.3) is 55.2 Å². The van der Waals surface area contributed by atoms with Crippen LogP contribution < -0.4 is 19.9 Å². The fraction of sp³-hybridized carbons (Fsp3) is 0.0536. The van der Waals surface area contributed by atoms with Crippen LogP contribution in [0.3, 0.4) is 0 Å². The van der Waals surface area contributed by atoms with Gasteiger partial charge in [0.25, 0.3) is 0 Å². The molecule has 0 fully saturated rings. The zero-order chi connectivity index (χ0) is 41.4. The van der Waals surface area contributed by atoms with Crippen molar-refractivity contribution in [2.45, 2.75) is 13.6 Å². The first kappa shape index (κ1) is 36.9. The first-order valence-electron chi connectivity index (χ1n) is 21.1. The molecule has 298 valence electrons. The van der Waals surface area contributed by atoms with Crippen LogP contribution in [0.15, 0.2) is 213 Å². The Morgan fingerprint density at radius 2 is 1.15 bits per heavy atom. The number of para-hydroxylation sites is 4. The molecule has 0 radical (unpaired) electrons. The van der Waals surface area contributed by atoms with Gasteiger partial charge in [-0.05, 0) is 95.4 Å². The van der Waals surface area contributed by atoms with E-state index in [1.165, 1.54) is 55.4 Å². The van der Waals surface area contributed by atoms with Crippen molar-refractivity contribution in [3.63, 3.8) is 0 Å². The van der Waals surface area contributed by atoms with Gasteiger partial charge in [-0.15, -0.1) is 0 Å². The summed E-state index contributed by atoms with van der Waals surface area (Å²) in [5, 5.41) is 6.08. The van der Waals surface area contributed by atoms with Crippen molar-refractivity contribution in [3.05, 3.63) is 218 Å². The standard InChI is InChI=1S/C56H43N5O/c1-39-36-57-33-32-47(39)42-26-28-43(29-27-42)58-37-59-52-23-9-8-20-50(52)51-31-30-46(35-55(51)59)62-45-19-12-18-44(34-45)60-38-61(54-25-11-10-24-53(54)60)56-48(40-14-4-2-5-15-40)21-13-22-49(56)41-16-6-3-7-17-41/h2-36,58H,37-38H2,1H3. The zero-order valence-corrected chi connectivity index (χ0v) is 34.3. The van der Waals surface area contributed by atoms with Crippen LogP contribution in [0.1, 0.15) is 5.56 Å². The molecule has 0 spiro atoms. The molecule has 62 heavy (non-hydrogen) atoms. The molecule has 0 saturated heterocycles. The Morgan fingerprint density at radius 3 is 1.89 bits per heavy atom. The van der Waals surface area contributed by atoms with Crippen LogP contribution in [0, 0.1) is 6.92 Å². The lowest BCUT2D eigenvalue weighted by molar-refractivity contribution is 0.483. The van der Waals surface area contributed by atoms with Gasteiger partial charge in [0.05, 0.1) is 34.8 Å². The van der Waals surface area contributed by atoms with Gasteiger partial charge in [-0.1, -0.05) is 127 Å². The van der Waals surface area contributed by atoms with Crippen LogP contribution in [0.5, 0.6) is 11.5 Å². The number of anilines is 5. The second kappa shape index (κ2) is 15.8. The minimum absolute atomic E-state index is 0.598. The molecule has 0 unspecified atom stereocenters. The summed E-state index contributed by atoms with van der Waals surface area (Å²) in [6.07, 6.45) is 3.76. The fourth-order valence-electron chi connectivity index (χ4n) is 9.01. The number of benzene rings is 8. The SMILES string of the molecule is Cc1cnccc1-c1ccc(NCn2c3ccccc3c3ccc(Oc4cccc(N5CN(c6c(-c7ccccc7)cccc6-c6ccccc6)c6ccccc65)c4)cc32)cc1. The second-order valence-corrected chi connectivity index (χ2v) is 15.7. The average Bonchev–Trinajstić information content (AvgIpc) is 3.87. The molecule has 10 aromatic rings. The summed E-state index contributed by atoms with van der Waals surface area (Å²) in [5.41, 5.74) is 16.2.